The Morgan fingerprint density at radius 3 is 2.95 bits per heavy atom. The summed E-state index contributed by atoms with van der Waals surface area (Å²) in [6, 6.07) is 3.86. The van der Waals surface area contributed by atoms with E-state index in [-0.39, 0.29) is 29.5 Å². The Kier molecular flexibility index (Phi) is 4.42. The fraction of sp³-hybridized carbons (Fsp3) is 0.467. The maximum Gasteiger partial charge on any atom is 0.286 e. The second kappa shape index (κ2) is 6.48. The van der Waals surface area contributed by atoms with Crippen LogP contribution in [0.4, 0.5) is 4.79 Å². The van der Waals surface area contributed by atoms with Gasteiger partial charge in [-0.2, -0.15) is 0 Å². The number of hydrogen-bond acceptors (Lipinski definition) is 5. The van der Waals surface area contributed by atoms with Crippen LogP contribution >= 0.6 is 11.8 Å². The SMILES string of the molecule is O=C1NC(=O)C(CC(=O)N2CCCCC2c2cccnc2)S1. The van der Waals surface area contributed by atoms with Crippen LogP contribution in [0.2, 0.25) is 0 Å². The monoisotopic (exact) mass is 319 g/mol. The maximum atomic E-state index is 12.6. The average molecular weight is 319 g/mol. The number of nitrogens with zero attached hydrogens (tertiary/aromatic N) is 2. The number of nitrogens with one attached hydrogen (secondary N) is 1. The third kappa shape index (κ3) is 3.14. The van der Waals surface area contributed by atoms with Gasteiger partial charge in [-0.15, -0.1) is 0 Å². The molecule has 0 spiro atoms. The van der Waals surface area contributed by atoms with Crippen LogP contribution < -0.4 is 5.32 Å². The Balaban J connectivity index is 1.72. The molecule has 2 atom stereocenters. The lowest BCUT2D eigenvalue weighted by atomic mass is 9.96. The zero-order valence-corrected chi connectivity index (χ0v) is 12.8. The predicted molar refractivity (Wildman–Crippen MR) is 82.1 cm³/mol. The summed E-state index contributed by atoms with van der Waals surface area (Å²) in [5, 5.41) is 1.25. The van der Waals surface area contributed by atoms with Gasteiger partial charge >= 0.3 is 0 Å². The lowest BCUT2D eigenvalue weighted by Gasteiger charge is -2.36. The van der Waals surface area contributed by atoms with Gasteiger partial charge in [0.05, 0.1) is 6.04 Å². The van der Waals surface area contributed by atoms with Crippen molar-refractivity contribution in [3.05, 3.63) is 30.1 Å². The molecular formula is C15H17N3O3S. The Labute approximate surface area is 132 Å². The molecular weight excluding hydrogens is 302 g/mol. The number of piperidine rings is 1. The van der Waals surface area contributed by atoms with Crippen LogP contribution in [0.15, 0.2) is 24.5 Å². The van der Waals surface area contributed by atoms with Gasteiger partial charge in [-0.1, -0.05) is 17.8 Å². The molecule has 0 radical (unpaired) electrons. The molecule has 3 rings (SSSR count). The van der Waals surface area contributed by atoms with Crippen molar-refractivity contribution >= 4 is 28.8 Å². The zero-order chi connectivity index (χ0) is 15.5. The molecule has 22 heavy (non-hydrogen) atoms. The highest BCUT2D eigenvalue weighted by molar-refractivity contribution is 8.15. The van der Waals surface area contributed by atoms with Crippen molar-refractivity contribution in [2.45, 2.75) is 37.0 Å². The molecule has 3 amide bonds. The van der Waals surface area contributed by atoms with E-state index >= 15 is 0 Å². The van der Waals surface area contributed by atoms with Gasteiger partial charge in [0.1, 0.15) is 5.25 Å². The van der Waals surface area contributed by atoms with E-state index in [1.807, 2.05) is 17.0 Å². The van der Waals surface area contributed by atoms with E-state index in [2.05, 4.69) is 10.3 Å². The summed E-state index contributed by atoms with van der Waals surface area (Å²) in [4.78, 5) is 41.4. The van der Waals surface area contributed by atoms with Crippen molar-refractivity contribution in [3.63, 3.8) is 0 Å². The molecule has 7 heteroatoms. The molecule has 1 N–H and O–H groups in total. The zero-order valence-electron chi connectivity index (χ0n) is 12.0. The van der Waals surface area contributed by atoms with Crippen molar-refractivity contribution in [1.82, 2.24) is 15.2 Å². The molecule has 2 saturated heterocycles. The van der Waals surface area contributed by atoms with Crippen molar-refractivity contribution in [1.29, 1.82) is 0 Å². The quantitative estimate of drug-likeness (QED) is 0.920. The minimum atomic E-state index is -0.600. The number of amides is 3. The standard InChI is InChI=1S/C15H17N3O3S/c19-13(8-12-14(20)17-15(21)22-12)18-7-2-1-5-11(18)10-4-3-6-16-9-10/h3-4,6,9,11-12H,1-2,5,7-8H2,(H,17,20,21). The lowest BCUT2D eigenvalue weighted by molar-refractivity contribution is -0.136. The van der Waals surface area contributed by atoms with Crippen LogP contribution in [0.3, 0.4) is 0 Å². The van der Waals surface area contributed by atoms with Gasteiger partial charge in [-0.25, -0.2) is 0 Å². The number of imide groups is 1. The molecule has 0 aliphatic carbocycles. The van der Waals surface area contributed by atoms with Crippen molar-refractivity contribution in [3.8, 4) is 0 Å². The first-order chi connectivity index (χ1) is 10.6. The van der Waals surface area contributed by atoms with Crippen LogP contribution in [0.5, 0.6) is 0 Å². The van der Waals surface area contributed by atoms with E-state index in [1.165, 1.54) is 0 Å². The number of rotatable bonds is 3. The van der Waals surface area contributed by atoms with E-state index in [9.17, 15) is 14.4 Å². The van der Waals surface area contributed by atoms with Gasteiger partial charge in [0.25, 0.3) is 5.24 Å². The summed E-state index contributed by atoms with van der Waals surface area (Å²) < 4.78 is 0. The molecule has 1 aromatic rings. The van der Waals surface area contributed by atoms with Gasteiger partial charge < -0.3 is 4.90 Å². The Bertz CT molecular complexity index is 593. The maximum absolute atomic E-state index is 12.6. The molecule has 116 valence electrons. The number of hydrogen-bond donors (Lipinski definition) is 1. The second-order valence-corrected chi connectivity index (χ2v) is 6.65. The highest BCUT2D eigenvalue weighted by atomic mass is 32.2. The molecule has 2 fully saturated rings. The summed E-state index contributed by atoms with van der Waals surface area (Å²) >= 11 is 0.904. The van der Waals surface area contributed by atoms with Crippen LogP contribution in [-0.2, 0) is 9.59 Å². The molecule has 6 nitrogen and oxygen atoms in total. The number of pyridine rings is 1. The minimum absolute atomic E-state index is 0.0140. The van der Waals surface area contributed by atoms with Gasteiger partial charge in [0, 0.05) is 25.4 Å². The highest BCUT2D eigenvalue weighted by Crippen LogP contribution is 2.32. The molecule has 1 aromatic heterocycles. The summed E-state index contributed by atoms with van der Waals surface area (Å²) in [6.07, 6.45) is 6.51. The fourth-order valence-electron chi connectivity index (χ4n) is 2.95. The largest absolute Gasteiger partial charge is 0.336 e. The Morgan fingerprint density at radius 1 is 1.41 bits per heavy atom. The molecule has 2 aliphatic heterocycles. The number of thioether (sulfide) groups is 1. The van der Waals surface area contributed by atoms with E-state index < -0.39 is 5.25 Å². The van der Waals surface area contributed by atoms with E-state index in [4.69, 9.17) is 0 Å². The van der Waals surface area contributed by atoms with Crippen LogP contribution in [-0.4, -0.2) is 38.7 Å². The molecule has 3 heterocycles. The van der Waals surface area contributed by atoms with Gasteiger partial charge in [-0.05, 0) is 30.9 Å². The average Bonchev–Trinajstić information content (AvgIpc) is 2.85. The lowest BCUT2D eigenvalue weighted by Crippen LogP contribution is -2.40. The van der Waals surface area contributed by atoms with Crippen molar-refractivity contribution in [2.24, 2.45) is 0 Å². The van der Waals surface area contributed by atoms with Crippen molar-refractivity contribution in [2.75, 3.05) is 6.54 Å². The first-order valence-corrected chi connectivity index (χ1v) is 8.24. The molecule has 0 saturated carbocycles. The van der Waals surface area contributed by atoms with Crippen LogP contribution in [0.1, 0.15) is 37.3 Å². The highest BCUT2D eigenvalue weighted by Gasteiger charge is 2.36. The van der Waals surface area contributed by atoms with Crippen molar-refractivity contribution < 1.29 is 14.4 Å². The van der Waals surface area contributed by atoms with Crippen LogP contribution in [0, 0.1) is 0 Å². The first kappa shape index (κ1) is 15.0. The van der Waals surface area contributed by atoms with E-state index in [1.54, 1.807) is 12.4 Å². The van der Waals surface area contributed by atoms with Gasteiger partial charge in [0.2, 0.25) is 11.8 Å². The summed E-state index contributed by atoms with van der Waals surface area (Å²) in [6.45, 7) is 0.686. The molecule has 2 aliphatic rings. The van der Waals surface area contributed by atoms with Gasteiger partial charge in [0.15, 0.2) is 0 Å². The topological polar surface area (TPSA) is 79.4 Å². The smallest absolute Gasteiger partial charge is 0.286 e. The number of carbonyl (C=O) groups excluding carboxylic acids is 3. The molecule has 0 bridgehead atoms. The third-order valence-electron chi connectivity index (χ3n) is 4.02. The second-order valence-electron chi connectivity index (χ2n) is 5.47. The predicted octanol–water partition coefficient (Wildman–Crippen LogP) is 1.88. The summed E-state index contributed by atoms with van der Waals surface area (Å²) in [5.74, 6) is -0.436. The van der Waals surface area contributed by atoms with Gasteiger partial charge in [-0.3, -0.25) is 24.7 Å². The summed E-state index contributed by atoms with van der Waals surface area (Å²) in [5.41, 5.74) is 1.02. The summed E-state index contributed by atoms with van der Waals surface area (Å²) in [7, 11) is 0. The normalized spacial score (nSPS) is 25.2. The van der Waals surface area contributed by atoms with E-state index in [0.29, 0.717) is 6.54 Å². The number of likely N-dealkylation sites (tertiary alicyclic amines) is 1. The van der Waals surface area contributed by atoms with Crippen LogP contribution in [0.25, 0.3) is 0 Å². The molecule has 0 aromatic carbocycles. The minimum Gasteiger partial charge on any atom is -0.336 e. The van der Waals surface area contributed by atoms with E-state index in [0.717, 1.165) is 36.6 Å². The number of carbonyl (C=O) groups is 3. The number of aromatic nitrogens is 1. The Hall–Kier alpha value is -1.89. The fourth-order valence-corrected chi connectivity index (χ4v) is 3.76. The third-order valence-corrected chi connectivity index (χ3v) is 5.00. The Morgan fingerprint density at radius 2 is 2.27 bits per heavy atom. The first-order valence-electron chi connectivity index (χ1n) is 7.36. The molecule has 2 unspecified atom stereocenters.